The van der Waals surface area contributed by atoms with Gasteiger partial charge in [-0.2, -0.15) is 0 Å². The molecule has 0 saturated carbocycles. The number of hydrogen-bond acceptors (Lipinski definition) is 5. The van der Waals surface area contributed by atoms with E-state index >= 15 is 0 Å². The van der Waals surface area contributed by atoms with E-state index in [4.69, 9.17) is 16.3 Å². The molecule has 2 aromatic heterocycles. The minimum Gasteiger partial charge on any atom is -0.489 e. The molecule has 0 amide bonds. The third kappa shape index (κ3) is 3.43. The Labute approximate surface area is 172 Å². The Balaban J connectivity index is 1.31. The third-order valence-corrected chi connectivity index (χ3v) is 6.39. The Kier molecular flexibility index (Phi) is 4.63. The highest BCUT2D eigenvalue weighted by Gasteiger charge is 2.21. The van der Waals surface area contributed by atoms with Gasteiger partial charge in [-0.25, -0.2) is 9.97 Å². The van der Waals surface area contributed by atoms with Crippen LogP contribution in [0.3, 0.4) is 0 Å². The maximum absolute atomic E-state index is 5.92. The van der Waals surface area contributed by atoms with Gasteiger partial charge in [-0.15, -0.1) is 11.3 Å². The lowest BCUT2D eigenvalue weighted by Crippen LogP contribution is -1.97. The lowest BCUT2D eigenvalue weighted by molar-refractivity contribution is 0.306. The predicted octanol–water partition coefficient (Wildman–Crippen LogP) is 6.16. The van der Waals surface area contributed by atoms with E-state index in [9.17, 15) is 0 Å². The van der Waals surface area contributed by atoms with Crippen LogP contribution in [0.1, 0.15) is 22.4 Å². The first kappa shape index (κ1) is 17.5. The predicted molar refractivity (Wildman–Crippen MR) is 115 cm³/mol. The van der Waals surface area contributed by atoms with Crippen LogP contribution in [-0.4, -0.2) is 9.97 Å². The van der Waals surface area contributed by atoms with Crippen molar-refractivity contribution < 1.29 is 4.74 Å². The molecule has 0 fully saturated rings. The standard InChI is InChI=1S/C22H18ClN3OS/c23-15-6-4-14(5-7-15)12-27-17-10-8-16(9-11-17)26-21-20-18-2-1-3-19(18)28-22(20)25-13-24-21/h4-11,13H,1-3,12H2,(H,24,25,26). The third-order valence-electron chi connectivity index (χ3n) is 4.94. The van der Waals surface area contributed by atoms with Gasteiger partial charge in [0.2, 0.25) is 0 Å². The fourth-order valence-electron chi connectivity index (χ4n) is 3.54. The molecule has 5 rings (SSSR count). The van der Waals surface area contributed by atoms with E-state index in [1.165, 1.54) is 22.2 Å². The Morgan fingerprint density at radius 3 is 2.64 bits per heavy atom. The monoisotopic (exact) mass is 407 g/mol. The first-order chi connectivity index (χ1) is 13.8. The zero-order valence-electron chi connectivity index (χ0n) is 15.1. The summed E-state index contributed by atoms with van der Waals surface area (Å²) in [6.07, 6.45) is 5.15. The van der Waals surface area contributed by atoms with Crippen molar-refractivity contribution in [1.82, 2.24) is 9.97 Å². The SMILES string of the molecule is Clc1ccc(COc2ccc(Nc3ncnc4sc5c(c34)CCC5)cc2)cc1. The highest BCUT2D eigenvalue weighted by molar-refractivity contribution is 7.19. The quantitative estimate of drug-likeness (QED) is 0.430. The zero-order chi connectivity index (χ0) is 18.9. The molecule has 6 heteroatoms. The molecule has 140 valence electrons. The number of benzene rings is 2. The minimum absolute atomic E-state index is 0.511. The summed E-state index contributed by atoms with van der Waals surface area (Å²) in [4.78, 5) is 11.5. The molecule has 0 bridgehead atoms. The number of nitrogens with zero attached hydrogens (tertiary/aromatic N) is 2. The van der Waals surface area contributed by atoms with Crippen LogP contribution in [0.5, 0.6) is 5.75 Å². The molecule has 0 radical (unpaired) electrons. The van der Waals surface area contributed by atoms with E-state index in [0.29, 0.717) is 6.61 Å². The van der Waals surface area contributed by atoms with Crippen LogP contribution < -0.4 is 10.1 Å². The number of ether oxygens (including phenoxy) is 1. The summed E-state index contributed by atoms with van der Waals surface area (Å²) >= 11 is 7.72. The molecular formula is C22H18ClN3OS. The Morgan fingerprint density at radius 2 is 1.82 bits per heavy atom. The van der Waals surface area contributed by atoms with Gasteiger partial charge >= 0.3 is 0 Å². The number of fused-ring (bicyclic) bond motifs is 3. The molecular weight excluding hydrogens is 390 g/mol. The molecule has 2 heterocycles. The van der Waals surface area contributed by atoms with Crippen LogP contribution in [0.4, 0.5) is 11.5 Å². The smallest absolute Gasteiger partial charge is 0.142 e. The number of halogens is 1. The number of aromatic nitrogens is 2. The molecule has 0 unspecified atom stereocenters. The van der Waals surface area contributed by atoms with Crippen LogP contribution in [0.15, 0.2) is 54.9 Å². The van der Waals surface area contributed by atoms with Crippen molar-refractivity contribution in [3.63, 3.8) is 0 Å². The van der Waals surface area contributed by atoms with Crippen molar-refractivity contribution in [2.75, 3.05) is 5.32 Å². The Hall–Kier alpha value is -2.63. The average molecular weight is 408 g/mol. The molecule has 1 aliphatic rings. The second-order valence-electron chi connectivity index (χ2n) is 6.82. The second-order valence-corrected chi connectivity index (χ2v) is 8.34. The van der Waals surface area contributed by atoms with Crippen molar-refractivity contribution >= 4 is 44.7 Å². The minimum atomic E-state index is 0.511. The molecule has 4 nitrogen and oxygen atoms in total. The second kappa shape index (κ2) is 7.41. The van der Waals surface area contributed by atoms with Gasteiger partial charge in [0.15, 0.2) is 0 Å². The number of rotatable bonds is 5. The number of thiophene rings is 1. The van der Waals surface area contributed by atoms with Crippen molar-refractivity contribution in [2.24, 2.45) is 0 Å². The van der Waals surface area contributed by atoms with Crippen LogP contribution in [0, 0.1) is 0 Å². The molecule has 28 heavy (non-hydrogen) atoms. The average Bonchev–Trinajstić information content (AvgIpc) is 3.30. The fourth-order valence-corrected chi connectivity index (χ4v) is 4.90. The van der Waals surface area contributed by atoms with Crippen LogP contribution in [0.2, 0.25) is 5.02 Å². The number of aryl methyl sites for hydroxylation is 2. The molecule has 1 N–H and O–H groups in total. The zero-order valence-corrected chi connectivity index (χ0v) is 16.7. The molecule has 0 saturated heterocycles. The van der Waals surface area contributed by atoms with Gasteiger partial charge in [0.25, 0.3) is 0 Å². The summed E-state index contributed by atoms with van der Waals surface area (Å²) in [6, 6.07) is 15.6. The Bertz CT molecular complexity index is 1120. The van der Waals surface area contributed by atoms with Gasteiger partial charge < -0.3 is 10.1 Å². The molecule has 0 atom stereocenters. The summed E-state index contributed by atoms with van der Waals surface area (Å²) in [5, 5.41) is 5.37. The highest BCUT2D eigenvalue weighted by atomic mass is 35.5. The van der Waals surface area contributed by atoms with E-state index in [2.05, 4.69) is 15.3 Å². The molecule has 4 aromatic rings. The molecule has 0 aliphatic heterocycles. The number of anilines is 2. The molecule has 0 spiro atoms. The molecule has 1 aliphatic carbocycles. The van der Waals surface area contributed by atoms with Crippen molar-refractivity contribution in [3.05, 3.63) is 75.9 Å². The lowest BCUT2D eigenvalue weighted by atomic mass is 10.2. The summed E-state index contributed by atoms with van der Waals surface area (Å²) in [6.45, 7) is 0.511. The normalized spacial score (nSPS) is 12.9. The highest BCUT2D eigenvalue weighted by Crippen LogP contribution is 2.39. The van der Waals surface area contributed by atoms with Gasteiger partial charge in [0.1, 0.15) is 29.3 Å². The van der Waals surface area contributed by atoms with Crippen LogP contribution in [-0.2, 0) is 19.4 Å². The fraction of sp³-hybridized carbons (Fsp3) is 0.182. The summed E-state index contributed by atoms with van der Waals surface area (Å²) < 4.78 is 5.86. The van der Waals surface area contributed by atoms with Gasteiger partial charge in [-0.3, -0.25) is 0 Å². The molecule has 2 aromatic carbocycles. The van der Waals surface area contributed by atoms with Crippen LogP contribution in [0.25, 0.3) is 10.2 Å². The number of nitrogens with one attached hydrogen (secondary N) is 1. The van der Waals surface area contributed by atoms with E-state index in [1.807, 2.05) is 48.5 Å². The largest absolute Gasteiger partial charge is 0.489 e. The van der Waals surface area contributed by atoms with Crippen molar-refractivity contribution in [3.8, 4) is 5.75 Å². The van der Waals surface area contributed by atoms with Crippen LogP contribution >= 0.6 is 22.9 Å². The van der Waals surface area contributed by atoms with E-state index in [0.717, 1.165) is 45.5 Å². The maximum Gasteiger partial charge on any atom is 0.142 e. The van der Waals surface area contributed by atoms with Crippen molar-refractivity contribution in [1.29, 1.82) is 0 Å². The Morgan fingerprint density at radius 1 is 1.00 bits per heavy atom. The lowest BCUT2D eigenvalue weighted by Gasteiger charge is -2.10. The maximum atomic E-state index is 5.92. The van der Waals surface area contributed by atoms with Gasteiger partial charge in [0.05, 0.1) is 5.39 Å². The van der Waals surface area contributed by atoms with Gasteiger partial charge in [-0.1, -0.05) is 23.7 Å². The summed E-state index contributed by atoms with van der Waals surface area (Å²) in [7, 11) is 0. The topological polar surface area (TPSA) is 47.0 Å². The summed E-state index contributed by atoms with van der Waals surface area (Å²) in [5.41, 5.74) is 3.49. The van der Waals surface area contributed by atoms with E-state index < -0.39 is 0 Å². The first-order valence-electron chi connectivity index (χ1n) is 9.26. The van der Waals surface area contributed by atoms with E-state index in [1.54, 1.807) is 17.7 Å². The summed E-state index contributed by atoms with van der Waals surface area (Å²) in [5.74, 6) is 1.71. The first-order valence-corrected chi connectivity index (χ1v) is 10.5. The van der Waals surface area contributed by atoms with E-state index in [-0.39, 0.29) is 0 Å². The number of hydrogen-bond donors (Lipinski definition) is 1. The van der Waals surface area contributed by atoms with Gasteiger partial charge in [-0.05, 0) is 66.8 Å². The van der Waals surface area contributed by atoms with Crippen molar-refractivity contribution in [2.45, 2.75) is 25.9 Å². The van der Waals surface area contributed by atoms with Gasteiger partial charge in [0, 0.05) is 15.6 Å².